The number of carbonyl (C=O) groups is 1. The second kappa shape index (κ2) is 5.54. The monoisotopic (exact) mass is 335 g/mol. The average Bonchev–Trinajstić information content (AvgIpc) is 3.14. The summed E-state index contributed by atoms with van der Waals surface area (Å²) in [5.41, 5.74) is 2.49. The lowest BCUT2D eigenvalue weighted by Crippen LogP contribution is -2.48. The first-order valence-electron chi connectivity index (χ1n) is 8.51. The van der Waals surface area contributed by atoms with Crippen LogP contribution in [0, 0.1) is 0 Å². The smallest absolute Gasteiger partial charge is 0.274 e. The molecule has 126 valence electrons. The van der Waals surface area contributed by atoms with Crippen molar-refractivity contribution in [3.63, 3.8) is 0 Å². The van der Waals surface area contributed by atoms with Crippen molar-refractivity contribution in [3.05, 3.63) is 53.7 Å². The summed E-state index contributed by atoms with van der Waals surface area (Å²) in [6, 6.07) is 11.6. The first-order valence-corrected chi connectivity index (χ1v) is 8.51. The molecule has 3 aromatic rings. The number of H-pyrrole nitrogens is 1. The van der Waals surface area contributed by atoms with Crippen molar-refractivity contribution in [1.82, 2.24) is 25.2 Å². The van der Waals surface area contributed by atoms with Crippen molar-refractivity contribution in [3.8, 4) is 11.4 Å². The van der Waals surface area contributed by atoms with Crippen LogP contribution >= 0.6 is 0 Å². The number of benzene rings is 1. The highest BCUT2D eigenvalue weighted by Crippen LogP contribution is 2.39. The molecule has 1 amide bonds. The second-order valence-corrected chi connectivity index (χ2v) is 6.71. The summed E-state index contributed by atoms with van der Waals surface area (Å²) in [6.45, 7) is 1.17. The number of rotatable bonds is 4. The van der Waals surface area contributed by atoms with Crippen molar-refractivity contribution in [2.24, 2.45) is 0 Å². The van der Waals surface area contributed by atoms with E-state index >= 15 is 0 Å². The maximum absolute atomic E-state index is 12.5. The zero-order valence-electron chi connectivity index (χ0n) is 13.6. The fraction of sp³-hybridized carbons (Fsp3) is 0.333. The van der Waals surface area contributed by atoms with Gasteiger partial charge in [-0.05, 0) is 18.9 Å². The molecule has 1 aliphatic carbocycles. The molecule has 1 aliphatic heterocycles. The van der Waals surface area contributed by atoms with E-state index in [0.29, 0.717) is 36.4 Å². The van der Waals surface area contributed by atoms with Gasteiger partial charge in [-0.2, -0.15) is 10.1 Å². The third kappa shape index (κ3) is 2.61. The third-order valence-electron chi connectivity index (χ3n) is 4.83. The van der Waals surface area contributed by atoms with Gasteiger partial charge in [0.05, 0.1) is 5.92 Å². The van der Waals surface area contributed by atoms with E-state index < -0.39 is 0 Å². The molecule has 7 nitrogen and oxygen atoms in total. The molecule has 25 heavy (non-hydrogen) atoms. The molecule has 1 saturated carbocycles. The molecule has 0 atom stereocenters. The maximum Gasteiger partial charge on any atom is 0.274 e. The zero-order valence-corrected chi connectivity index (χ0v) is 13.6. The quantitative estimate of drug-likeness (QED) is 0.792. The molecule has 0 radical (unpaired) electrons. The minimum atomic E-state index is -0.0396. The molecule has 0 bridgehead atoms. The molecule has 1 N–H and O–H groups in total. The number of hydrogen-bond acceptors (Lipinski definition) is 5. The maximum atomic E-state index is 12.5. The first kappa shape index (κ1) is 14.4. The van der Waals surface area contributed by atoms with Crippen LogP contribution < -0.4 is 0 Å². The summed E-state index contributed by atoms with van der Waals surface area (Å²) in [5, 5.41) is 11.2. The highest BCUT2D eigenvalue weighted by molar-refractivity contribution is 5.93. The molecule has 3 heterocycles. The Morgan fingerprint density at radius 2 is 1.96 bits per heavy atom. The predicted octanol–water partition coefficient (Wildman–Crippen LogP) is 2.58. The van der Waals surface area contributed by atoms with Gasteiger partial charge in [0.1, 0.15) is 5.69 Å². The Kier molecular flexibility index (Phi) is 3.19. The summed E-state index contributed by atoms with van der Waals surface area (Å²) in [5.74, 6) is 1.79. The Labute approximate surface area is 144 Å². The second-order valence-electron chi connectivity index (χ2n) is 6.71. The molecular formula is C18H17N5O2. The Balaban J connectivity index is 1.24. The minimum absolute atomic E-state index is 0.0396. The van der Waals surface area contributed by atoms with Gasteiger partial charge < -0.3 is 9.42 Å². The zero-order chi connectivity index (χ0) is 16.8. The summed E-state index contributed by atoms with van der Waals surface area (Å²) < 4.78 is 5.38. The van der Waals surface area contributed by atoms with Crippen molar-refractivity contribution in [1.29, 1.82) is 0 Å². The van der Waals surface area contributed by atoms with Gasteiger partial charge in [0.15, 0.2) is 0 Å². The largest absolute Gasteiger partial charge is 0.339 e. The lowest BCUT2D eigenvalue weighted by atomic mass is 9.99. The Hall–Kier alpha value is -2.96. The van der Waals surface area contributed by atoms with Crippen LogP contribution in [0.15, 0.2) is 40.9 Å². The van der Waals surface area contributed by atoms with E-state index in [2.05, 4.69) is 20.3 Å². The van der Waals surface area contributed by atoms with E-state index in [4.69, 9.17) is 4.52 Å². The van der Waals surface area contributed by atoms with E-state index in [1.54, 1.807) is 4.90 Å². The third-order valence-corrected chi connectivity index (χ3v) is 4.83. The van der Waals surface area contributed by atoms with Crippen LogP contribution in [0.25, 0.3) is 11.4 Å². The molecule has 0 unspecified atom stereocenters. The standard InChI is InChI=1S/C18H17N5O2/c24-18(15-8-14(20-21-15)11-6-7-11)23-9-13(10-23)17-19-16(22-25-17)12-4-2-1-3-5-12/h1-5,8,11,13H,6-7,9-10H2,(H,20,21). The van der Waals surface area contributed by atoms with Gasteiger partial charge in [0.2, 0.25) is 11.7 Å². The van der Waals surface area contributed by atoms with Gasteiger partial charge in [-0.15, -0.1) is 0 Å². The van der Waals surface area contributed by atoms with Gasteiger partial charge in [-0.25, -0.2) is 0 Å². The Morgan fingerprint density at radius 3 is 2.72 bits per heavy atom. The lowest BCUT2D eigenvalue weighted by Gasteiger charge is -2.36. The number of aromatic amines is 1. The minimum Gasteiger partial charge on any atom is -0.339 e. The molecule has 1 saturated heterocycles. The Morgan fingerprint density at radius 1 is 1.16 bits per heavy atom. The molecule has 0 spiro atoms. The van der Waals surface area contributed by atoms with Crippen LogP contribution in [0.1, 0.15) is 46.8 Å². The average molecular weight is 335 g/mol. The van der Waals surface area contributed by atoms with Crippen LogP contribution in [0.5, 0.6) is 0 Å². The normalized spacial score (nSPS) is 17.5. The number of amides is 1. The van der Waals surface area contributed by atoms with Crippen molar-refractivity contribution >= 4 is 5.91 Å². The van der Waals surface area contributed by atoms with Crippen LogP contribution in [0.2, 0.25) is 0 Å². The van der Waals surface area contributed by atoms with E-state index in [9.17, 15) is 4.79 Å². The van der Waals surface area contributed by atoms with Crippen molar-refractivity contribution in [2.75, 3.05) is 13.1 Å². The van der Waals surface area contributed by atoms with Crippen molar-refractivity contribution in [2.45, 2.75) is 24.7 Å². The van der Waals surface area contributed by atoms with Crippen LogP contribution in [0.3, 0.4) is 0 Å². The molecule has 2 fully saturated rings. The van der Waals surface area contributed by atoms with E-state index in [0.717, 1.165) is 11.3 Å². The summed E-state index contributed by atoms with van der Waals surface area (Å²) in [6.07, 6.45) is 2.37. The molecule has 1 aromatic carbocycles. The summed E-state index contributed by atoms with van der Waals surface area (Å²) in [7, 11) is 0. The van der Waals surface area contributed by atoms with Gasteiger partial charge in [-0.3, -0.25) is 9.89 Å². The molecule has 2 aromatic heterocycles. The number of likely N-dealkylation sites (tertiary alicyclic amines) is 1. The highest BCUT2D eigenvalue weighted by atomic mass is 16.5. The highest BCUT2D eigenvalue weighted by Gasteiger charge is 2.37. The molecule has 5 rings (SSSR count). The lowest BCUT2D eigenvalue weighted by molar-refractivity contribution is 0.0563. The number of nitrogens with zero attached hydrogens (tertiary/aromatic N) is 4. The topological polar surface area (TPSA) is 87.9 Å². The molecule has 2 aliphatic rings. The van der Waals surface area contributed by atoms with Gasteiger partial charge >= 0.3 is 0 Å². The van der Waals surface area contributed by atoms with E-state index in [-0.39, 0.29) is 11.8 Å². The van der Waals surface area contributed by atoms with Crippen LogP contribution in [-0.4, -0.2) is 44.2 Å². The van der Waals surface area contributed by atoms with Crippen molar-refractivity contribution < 1.29 is 9.32 Å². The van der Waals surface area contributed by atoms with E-state index in [1.165, 1.54) is 12.8 Å². The molecular weight excluding hydrogens is 318 g/mol. The van der Waals surface area contributed by atoms with Crippen LogP contribution in [-0.2, 0) is 0 Å². The van der Waals surface area contributed by atoms with Gasteiger partial charge in [0, 0.05) is 30.3 Å². The number of aromatic nitrogens is 4. The fourth-order valence-corrected chi connectivity index (χ4v) is 3.12. The van der Waals surface area contributed by atoms with Gasteiger partial charge in [-0.1, -0.05) is 35.5 Å². The summed E-state index contributed by atoms with van der Waals surface area (Å²) >= 11 is 0. The number of carbonyl (C=O) groups excluding carboxylic acids is 1. The Bertz CT molecular complexity index is 906. The number of hydrogen-bond donors (Lipinski definition) is 1. The fourth-order valence-electron chi connectivity index (χ4n) is 3.12. The van der Waals surface area contributed by atoms with Gasteiger partial charge in [0.25, 0.3) is 5.91 Å². The molecule has 7 heteroatoms. The first-order chi connectivity index (χ1) is 12.3. The number of nitrogens with one attached hydrogen (secondary N) is 1. The predicted molar refractivity (Wildman–Crippen MR) is 88.9 cm³/mol. The summed E-state index contributed by atoms with van der Waals surface area (Å²) in [4.78, 5) is 18.7. The van der Waals surface area contributed by atoms with Crippen LogP contribution in [0.4, 0.5) is 0 Å². The van der Waals surface area contributed by atoms with E-state index in [1.807, 2.05) is 36.4 Å². The SMILES string of the molecule is O=C(c1cc(C2CC2)[nH]n1)N1CC(c2nc(-c3ccccc3)no2)C1.